The zero-order chi connectivity index (χ0) is 13.5. The van der Waals surface area contributed by atoms with Gasteiger partial charge in [0, 0.05) is 17.0 Å². The summed E-state index contributed by atoms with van der Waals surface area (Å²) in [5, 5.41) is 13.3. The zero-order valence-corrected chi connectivity index (χ0v) is 11.7. The molecule has 1 amide bonds. The molecule has 98 valence electrons. The van der Waals surface area contributed by atoms with Crippen LogP contribution in [0.5, 0.6) is 0 Å². The average molecular weight is 288 g/mol. The van der Waals surface area contributed by atoms with Gasteiger partial charge in [0.05, 0.1) is 16.1 Å². The van der Waals surface area contributed by atoms with E-state index in [9.17, 15) is 9.90 Å². The molecule has 3 nitrogen and oxygen atoms in total. The van der Waals surface area contributed by atoms with Crippen LogP contribution >= 0.6 is 23.2 Å². The van der Waals surface area contributed by atoms with Crippen LogP contribution in [0.2, 0.25) is 10.0 Å². The van der Waals surface area contributed by atoms with Crippen LogP contribution in [0.3, 0.4) is 0 Å². The standard InChI is InChI=1S/C13H15Cl2NO2/c1-13(2)10(6-11(13)17)16-12(18)7-3-4-8(14)9(15)5-7/h3-5,10-11,17H,6H2,1-2H3,(H,16,18). The first-order chi connectivity index (χ1) is 8.32. The summed E-state index contributed by atoms with van der Waals surface area (Å²) in [4.78, 5) is 12.0. The Hall–Kier alpha value is -0.770. The SMILES string of the molecule is CC1(C)C(O)CC1NC(=O)c1ccc(Cl)c(Cl)c1. The number of benzene rings is 1. The lowest BCUT2D eigenvalue weighted by Gasteiger charge is -2.49. The maximum atomic E-state index is 12.0. The van der Waals surface area contributed by atoms with Gasteiger partial charge in [-0.3, -0.25) is 4.79 Å². The molecule has 2 N–H and O–H groups in total. The first-order valence-electron chi connectivity index (χ1n) is 5.76. The van der Waals surface area contributed by atoms with Crippen LogP contribution in [0, 0.1) is 5.41 Å². The normalized spacial score (nSPS) is 25.4. The fourth-order valence-corrected chi connectivity index (χ4v) is 2.32. The molecule has 0 spiro atoms. The van der Waals surface area contributed by atoms with E-state index >= 15 is 0 Å². The maximum absolute atomic E-state index is 12.0. The Kier molecular flexibility index (Phi) is 3.58. The molecule has 0 saturated heterocycles. The molecule has 1 fully saturated rings. The molecule has 2 unspecified atom stereocenters. The van der Waals surface area contributed by atoms with Gasteiger partial charge < -0.3 is 10.4 Å². The Bertz CT molecular complexity index is 488. The summed E-state index contributed by atoms with van der Waals surface area (Å²) in [6.07, 6.45) is 0.219. The number of halogens is 2. The number of hydrogen-bond donors (Lipinski definition) is 2. The smallest absolute Gasteiger partial charge is 0.251 e. The lowest BCUT2D eigenvalue weighted by molar-refractivity contribution is -0.0689. The molecule has 0 bridgehead atoms. The van der Waals surface area contributed by atoms with E-state index in [1.165, 1.54) is 0 Å². The molecular formula is C13H15Cl2NO2. The Balaban J connectivity index is 2.07. The molecule has 2 atom stereocenters. The van der Waals surface area contributed by atoms with E-state index in [1.807, 2.05) is 13.8 Å². The van der Waals surface area contributed by atoms with Crippen molar-refractivity contribution in [2.24, 2.45) is 5.41 Å². The second kappa shape index (κ2) is 4.72. The lowest BCUT2D eigenvalue weighted by atomic mass is 9.64. The Morgan fingerprint density at radius 3 is 2.56 bits per heavy atom. The van der Waals surface area contributed by atoms with Gasteiger partial charge in [-0.15, -0.1) is 0 Å². The number of carbonyl (C=O) groups excluding carboxylic acids is 1. The van der Waals surface area contributed by atoms with Crippen molar-refractivity contribution in [2.75, 3.05) is 0 Å². The molecule has 1 aromatic rings. The minimum atomic E-state index is -0.364. The second-order valence-corrected chi connectivity index (χ2v) is 6.04. The minimum Gasteiger partial charge on any atom is -0.392 e. The summed E-state index contributed by atoms with van der Waals surface area (Å²) in [7, 11) is 0. The number of amides is 1. The Labute approximate surface area is 116 Å². The van der Waals surface area contributed by atoms with Crippen LogP contribution in [0.15, 0.2) is 18.2 Å². The molecular weight excluding hydrogens is 273 g/mol. The zero-order valence-electron chi connectivity index (χ0n) is 10.2. The summed E-state index contributed by atoms with van der Waals surface area (Å²) in [6.45, 7) is 3.86. The third-order valence-electron chi connectivity index (χ3n) is 3.70. The average Bonchev–Trinajstić information content (AvgIpc) is 2.32. The van der Waals surface area contributed by atoms with Crippen LogP contribution in [-0.2, 0) is 0 Å². The van der Waals surface area contributed by atoms with Gasteiger partial charge >= 0.3 is 0 Å². The van der Waals surface area contributed by atoms with E-state index < -0.39 is 0 Å². The van der Waals surface area contributed by atoms with E-state index in [2.05, 4.69) is 5.32 Å². The summed E-state index contributed by atoms with van der Waals surface area (Å²) in [6, 6.07) is 4.75. The van der Waals surface area contributed by atoms with Crippen molar-refractivity contribution in [1.29, 1.82) is 0 Å². The molecule has 0 heterocycles. The monoisotopic (exact) mass is 287 g/mol. The first-order valence-corrected chi connectivity index (χ1v) is 6.52. The van der Waals surface area contributed by atoms with Gasteiger partial charge in [0.25, 0.3) is 5.91 Å². The second-order valence-electron chi connectivity index (χ2n) is 5.23. The molecule has 1 aromatic carbocycles. The highest BCUT2D eigenvalue weighted by molar-refractivity contribution is 6.42. The Morgan fingerprint density at radius 2 is 2.06 bits per heavy atom. The maximum Gasteiger partial charge on any atom is 0.251 e. The fraction of sp³-hybridized carbons (Fsp3) is 0.462. The molecule has 0 aromatic heterocycles. The van der Waals surface area contributed by atoms with Crippen LogP contribution < -0.4 is 5.32 Å². The van der Waals surface area contributed by atoms with E-state index in [4.69, 9.17) is 23.2 Å². The topological polar surface area (TPSA) is 49.3 Å². The van der Waals surface area contributed by atoms with Gasteiger partial charge in [-0.25, -0.2) is 0 Å². The number of rotatable bonds is 2. The van der Waals surface area contributed by atoms with E-state index in [1.54, 1.807) is 18.2 Å². The predicted octanol–water partition coefficient (Wildman–Crippen LogP) is 2.88. The molecule has 0 aliphatic heterocycles. The molecule has 0 radical (unpaired) electrons. The minimum absolute atomic E-state index is 0.0190. The highest BCUT2D eigenvalue weighted by Gasteiger charge is 2.47. The lowest BCUT2D eigenvalue weighted by Crippen LogP contribution is -2.61. The fourth-order valence-electron chi connectivity index (χ4n) is 2.03. The van der Waals surface area contributed by atoms with Crippen molar-refractivity contribution in [1.82, 2.24) is 5.32 Å². The molecule has 1 saturated carbocycles. The van der Waals surface area contributed by atoms with Crippen molar-refractivity contribution >= 4 is 29.1 Å². The van der Waals surface area contributed by atoms with Crippen LogP contribution in [-0.4, -0.2) is 23.2 Å². The van der Waals surface area contributed by atoms with Gasteiger partial charge in [0.2, 0.25) is 0 Å². The van der Waals surface area contributed by atoms with Crippen LogP contribution in [0.1, 0.15) is 30.6 Å². The first kappa shape index (κ1) is 13.7. The number of hydrogen-bond acceptors (Lipinski definition) is 2. The summed E-state index contributed by atoms with van der Waals surface area (Å²) >= 11 is 11.7. The predicted molar refractivity (Wildman–Crippen MR) is 72.1 cm³/mol. The van der Waals surface area contributed by atoms with Gasteiger partial charge in [-0.05, 0) is 24.6 Å². The highest BCUT2D eigenvalue weighted by atomic mass is 35.5. The van der Waals surface area contributed by atoms with Crippen molar-refractivity contribution in [2.45, 2.75) is 32.4 Å². The number of nitrogens with one attached hydrogen (secondary N) is 1. The van der Waals surface area contributed by atoms with E-state index in [0.717, 1.165) is 0 Å². The van der Waals surface area contributed by atoms with Gasteiger partial charge in [0.15, 0.2) is 0 Å². The summed E-state index contributed by atoms with van der Waals surface area (Å²) in [5.74, 6) is -0.196. The van der Waals surface area contributed by atoms with Gasteiger partial charge in [-0.1, -0.05) is 37.0 Å². The van der Waals surface area contributed by atoms with E-state index in [0.29, 0.717) is 22.0 Å². The highest BCUT2D eigenvalue weighted by Crippen LogP contribution is 2.40. The van der Waals surface area contributed by atoms with Crippen LogP contribution in [0.25, 0.3) is 0 Å². The third kappa shape index (κ3) is 2.35. The van der Waals surface area contributed by atoms with Crippen molar-refractivity contribution in [3.63, 3.8) is 0 Å². The quantitative estimate of drug-likeness (QED) is 0.879. The van der Waals surface area contributed by atoms with Crippen molar-refractivity contribution < 1.29 is 9.90 Å². The number of aliphatic hydroxyl groups excluding tert-OH is 1. The number of carbonyl (C=O) groups is 1. The molecule has 2 rings (SSSR count). The molecule has 18 heavy (non-hydrogen) atoms. The summed E-state index contributed by atoms with van der Waals surface area (Å²) < 4.78 is 0. The summed E-state index contributed by atoms with van der Waals surface area (Å²) in [5.41, 5.74) is 0.188. The van der Waals surface area contributed by atoms with Gasteiger partial charge in [-0.2, -0.15) is 0 Å². The largest absolute Gasteiger partial charge is 0.392 e. The third-order valence-corrected chi connectivity index (χ3v) is 4.44. The number of aliphatic hydroxyl groups is 1. The van der Waals surface area contributed by atoms with Crippen molar-refractivity contribution in [3.8, 4) is 0 Å². The van der Waals surface area contributed by atoms with E-state index in [-0.39, 0.29) is 23.5 Å². The van der Waals surface area contributed by atoms with Crippen molar-refractivity contribution in [3.05, 3.63) is 33.8 Å². The molecule has 1 aliphatic carbocycles. The Morgan fingerprint density at radius 1 is 1.39 bits per heavy atom. The molecule has 5 heteroatoms. The molecule has 1 aliphatic rings. The van der Waals surface area contributed by atoms with Gasteiger partial charge in [0.1, 0.15) is 0 Å². The van der Waals surface area contributed by atoms with Crippen LogP contribution in [0.4, 0.5) is 0 Å².